The van der Waals surface area contributed by atoms with E-state index in [9.17, 15) is 9.50 Å². The lowest BCUT2D eigenvalue weighted by Gasteiger charge is -2.10. The van der Waals surface area contributed by atoms with Gasteiger partial charge in [0.15, 0.2) is 0 Å². The third kappa shape index (κ3) is 4.69. The smallest absolute Gasteiger partial charge is 0.146 e. The third-order valence-corrected chi connectivity index (χ3v) is 5.13. The van der Waals surface area contributed by atoms with E-state index < -0.39 is 0 Å². The Balaban J connectivity index is 1.45. The number of ether oxygens (including phenoxy) is 2. The molecule has 1 aliphatic rings. The first kappa shape index (κ1) is 19.3. The van der Waals surface area contributed by atoms with Crippen molar-refractivity contribution in [1.29, 1.82) is 0 Å². The van der Waals surface area contributed by atoms with Gasteiger partial charge in [0.25, 0.3) is 0 Å². The lowest BCUT2D eigenvalue weighted by Crippen LogP contribution is -2.01. The molecule has 2 atom stereocenters. The van der Waals surface area contributed by atoms with Crippen LogP contribution < -0.4 is 9.47 Å². The molecule has 1 N–H and O–H groups in total. The average Bonchev–Trinajstić information content (AvgIpc) is 3.49. The lowest BCUT2D eigenvalue weighted by molar-refractivity contribution is 0.283. The molecule has 0 spiro atoms. The first-order chi connectivity index (χ1) is 14.0. The molecule has 0 amide bonds. The Morgan fingerprint density at radius 1 is 1.14 bits per heavy atom. The predicted octanol–water partition coefficient (Wildman–Crippen LogP) is 6.42. The second-order valence-corrected chi connectivity index (χ2v) is 7.36. The number of pyridine rings is 1. The van der Waals surface area contributed by atoms with Crippen LogP contribution in [0.4, 0.5) is 4.39 Å². The van der Waals surface area contributed by atoms with Crippen LogP contribution in [0.2, 0.25) is 5.15 Å². The van der Waals surface area contributed by atoms with Crippen LogP contribution in [0.3, 0.4) is 0 Å². The van der Waals surface area contributed by atoms with Crippen LogP contribution in [-0.2, 0) is 0 Å². The summed E-state index contributed by atoms with van der Waals surface area (Å²) in [6, 6.07) is 15.2. The minimum Gasteiger partial charge on any atom is -0.513 e. The molecular weight excluding hydrogens is 393 g/mol. The number of aliphatic hydroxyl groups excluding tert-OH is 1. The van der Waals surface area contributed by atoms with Crippen LogP contribution in [0.25, 0.3) is 11.1 Å². The Hall–Kier alpha value is -3.05. The van der Waals surface area contributed by atoms with Gasteiger partial charge in [0.2, 0.25) is 0 Å². The highest BCUT2D eigenvalue weighted by Gasteiger charge is 2.40. The van der Waals surface area contributed by atoms with Crippen molar-refractivity contribution in [2.45, 2.75) is 6.42 Å². The molecular formula is C23H19ClFNO3. The molecule has 0 bridgehead atoms. The Bertz CT molecular complexity index is 1040. The predicted molar refractivity (Wildman–Crippen MR) is 110 cm³/mol. The number of hydrogen-bond acceptors (Lipinski definition) is 4. The van der Waals surface area contributed by atoms with E-state index in [-0.39, 0.29) is 17.5 Å². The molecule has 148 valence electrons. The van der Waals surface area contributed by atoms with Crippen molar-refractivity contribution in [2.24, 2.45) is 11.8 Å². The summed E-state index contributed by atoms with van der Waals surface area (Å²) in [5.74, 6) is 1.91. The Morgan fingerprint density at radius 3 is 2.62 bits per heavy atom. The van der Waals surface area contributed by atoms with Gasteiger partial charge >= 0.3 is 0 Å². The normalized spacial score (nSPS) is 17.6. The molecule has 2 aromatic carbocycles. The second-order valence-electron chi connectivity index (χ2n) is 7.00. The maximum Gasteiger partial charge on any atom is 0.146 e. The van der Waals surface area contributed by atoms with Gasteiger partial charge in [-0.3, -0.25) is 0 Å². The number of nitrogens with zero attached hydrogens (tertiary/aromatic N) is 1. The van der Waals surface area contributed by atoms with Crippen LogP contribution in [0.5, 0.6) is 17.2 Å². The summed E-state index contributed by atoms with van der Waals surface area (Å²) in [6.45, 7) is 4.11. The van der Waals surface area contributed by atoms with Gasteiger partial charge in [0, 0.05) is 23.5 Å². The molecule has 29 heavy (non-hydrogen) atoms. The summed E-state index contributed by atoms with van der Waals surface area (Å²) in [5.41, 5.74) is 1.55. The molecule has 4 nitrogen and oxygen atoms in total. The molecule has 0 radical (unpaired) electrons. The standard InChI is InChI=1S/C23H19ClFNO3/c1-14(27)21-9-16(21)13-28-18-7-5-15(6-8-18)22-11-20(12-26-23(22)24)29-19-4-2-3-17(25)10-19/h2-8,10-12,16,21,27H,1,9,13H2. The molecule has 2 unspecified atom stereocenters. The van der Waals surface area contributed by atoms with Crippen molar-refractivity contribution >= 4 is 11.6 Å². The van der Waals surface area contributed by atoms with Gasteiger partial charge < -0.3 is 14.6 Å². The van der Waals surface area contributed by atoms with Crippen LogP contribution in [0.1, 0.15) is 6.42 Å². The number of rotatable bonds is 7. The third-order valence-electron chi connectivity index (χ3n) is 4.83. The van der Waals surface area contributed by atoms with Gasteiger partial charge in [0.1, 0.15) is 28.2 Å². The summed E-state index contributed by atoms with van der Waals surface area (Å²) in [4.78, 5) is 4.17. The zero-order valence-corrected chi connectivity index (χ0v) is 16.3. The van der Waals surface area contributed by atoms with E-state index in [0.717, 1.165) is 17.7 Å². The number of halogens is 2. The maximum absolute atomic E-state index is 13.3. The van der Waals surface area contributed by atoms with Crippen molar-refractivity contribution in [3.05, 3.63) is 84.1 Å². The van der Waals surface area contributed by atoms with Crippen LogP contribution in [0, 0.1) is 17.7 Å². The highest BCUT2D eigenvalue weighted by molar-refractivity contribution is 6.32. The van der Waals surface area contributed by atoms with Crippen molar-refractivity contribution in [3.8, 4) is 28.4 Å². The van der Waals surface area contributed by atoms with Crippen molar-refractivity contribution in [2.75, 3.05) is 6.61 Å². The number of benzene rings is 2. The van der Waals surface area contributed by atoms with E-state index in [0.29, 0.717) is 34.7 Å². The van der Waals surface area contributed by atoms with Gasteiger partial charge in [-0.25, -0.2) is 9.37 Å². The van der Waals surface area contributed by atoms with Crippen LogP contribution in [-0.4, -0.2) is 16.7 Å². The highest BCUT2D eigenvalue weighted by Crippen LogP contribution is 2.42. The molecule has 1 aromatic heterocycles. The summed E-state index contributed by atoms with van der Waals surface area (Å²) in [7, 11) is 0. The molecule has 0 saturated heterocycles. The van der Waals surface area contributed by atoms with Crippen molar-refractivity contribution in [3.63, 3.8) is 0 Å². The van der Waals surface area contributed by atoms with E-state index in [1.54, 1.807) is 18.2 Å². The minimum atomic E-state index is -0.374. The number of hydrogen-bond donors (Lipinski definition) is 1. The zero-order chi connectivity index (χ0) is 20.4. The van der Waals surface area contributed by atoms with E-state index in [2.05, 4.69) is 11.6 Å². The molecule has 1 saturated carbocycles. The molecule has 3 aromatic rings. The van der Waals surface area contributed by atoms with Crippen molar-refractivity contribution < 1.29 is 19.0 Å². The maximum atomic E-state index is 13.3. The van der Waals surface area contributed by atoms with Gasteiger partial charge in [-0.15, -0.1) is 0 Å². The molecule has 6 heteroatoms. The number of aromatic nitrogens is 1. The fourth-order valence-corrected chi connectivity index (χ4v) is 3.34. The fourth-order valence-electron chi connectivity index (χ4n) is 3.13. The fraction of sp³-hybridized carbons (Fsp3) is 0.174. The van der Waals surface area contributed by atoms with Gasteiger partial charge in [-0.2, -0.15) is 0 Å². The summed E-state index contributed by atoms with van der Waals surface area (Å²) in [6.07, 6.45) is 2.40. The summed E-state index contributed by atoms with van der Waals surface area (Å²) in [5, 5.41) is 9.72. The minimum absolute atomic E-state index is 0.153. The van der Waals surface area contributed by atoms with E-state index in [1.165, 1.54) is 18.3 Å². The van der Waals surface area contributed by atoms with E-state index in [1.807, 2.05) is 24.3 Å². The Kier molecular flexibility index (Phi) is 5.41. The first-order valence-electron chi connectivity index (χ1n) is 9.19. The van der Waals surface area contributed by atoms with Gasteiger partial charge in [-0.05, 0) is 42.3 Å². The molecule has 1 aliphatic carbocycles. The van der Waals surface area contributed by atoms with E-state index >= 15 is 0 Å². The molecule has 4 rings (SSSR count). The largest absolute Gasteiger partial charge is 0.513 e. The van der Waals surface area contributed by atoms with Crippen LogP contribution in [0.15, 0.2) is 73.1 Å². The van der Waals surface area contributed by atoms with Gasteiger partial charge in [0.05, 0.1) is 18.6 Å². The monoisotopic (exact) mass is 411 g/mol. The van der Waals surface area contributed by atoms with Gasteiger partial charge in [-0.1, -0.05) is 36.4 Å². The van der Waals surface area contributed by atoms with Crippen LogP contribution >= 0.6 is 11.6 Å². The Morgan fingerprint density at radius 2 is 1.93 bits per heavy atom. The molecule has 0 aliphatic heterocycles. The van der Waals surface area contributed by atoms with Crippen molar-refractivity contribution in [1.82, 2.24) is 4.98 Å². The summed E-state index contributed by atoms with van der Waals surface area (Å²) < 4.78 is 24.8. The Labute approximate surface area is 173 Å². The quantitative estimate of drug-likeness (QED) is 0.360. The number of allylic oxidation sites excluding steroid dienone is 1. The second kappa shape index (κ2) is 8.13. The highest BCUT2D eigenvalue weighted by atomic mass is 35.5. The zero-order valence-electron chi connectivity index (χ0n) is 15.5. The number of aliphatic hydroxyl groups is 1. The average molecular weight is 412 g/mol. The van der Waals surface area contributed by atoms with E-state index in [4.69, 9.17) is 21.1 Å². The summed E-state index contributed by atoms with van der Waals surface area (Å²) >= 11 is 6.27. The SMILES string of the molecule is C=C(O)C1CC1COc1ccc(-c2cc(Oc3cccc(F)c3)cnc2Cl)cc1. The molecule has 1 fully saturated rings. The lowest BCUT2D eigenvalue weighted by atomic mass is 10.1. The first-order valence-corrected chi connectivity index (χ1v) is 9.57. The molecule has 1 heterocycles. The topological polar surface area (TPSA) is 51.6 Å².